The number of aromatic nitrogens is 3. The van der Waals surface area contributed by atoms with Gasteiger partial charge in [-0.1, -0.05) is 18.2 Å². The van der Waals surface area contributed by atoms with Crippen LogP contribution in [0.15, 0.2) is 49.1 Å². The topological polar surface area (TPSA) is 60.2 Å². The third-order valence-electron chi connectivity index (χ3n) is 4.88. The van der Waals surface area contributed by atoms with Crippen LogP contribution in [0.1, 0.15) is 18.4 Å². The van der Waals surface area contributed by atoms with Gasteiger partial charge >= 0.3 is 0 Å². The predicted octanol–water partition coefficient (Wildman–Crippen LogP) is 2.58. The van der Waals surface area contributed by atoms with E-state index < -0.39 is 0 Å². The number of rotatable bonds is 4. The number of ether oxygens (including phenoxy) is 1. The average molecular weight is 350 g/mol. The van der Waals surface area contributed by atoms with Crippen molar-refractivity contribution in [2.45, 2.75) is 25.4 Å². The maximum atomic E-state index is 12.9. The van der Waals surface area contributed by atoms with Crippen LogP contribution in [0.3, 0.4) is 0 Å². The molecule has 0 radical (unpaired) electrons. The molecule has 0 saturated carbocycles. The van der Waals surface area contributed by atoms with Gasteiger partial charge in [0.25, 0.3) is 0 Å². The largest absolute Gasteiger partial charge is 0.471 e. The molecule has 1 fully saturated rings. The minimum absolute atomic E-state index is 0.0306. The van der Waals surface area contributed by atoms with Crippen molar-refractivity contribution < 1.29 is 9.53 Å². The van der Waals surface area contributed by atoms with Crippen molar-refractivity contribution in [3.05, 3.63) is 54.6 Å². The first-order valence-electron chi connectivity index (χ1n) is 8.94. The number of aryl methyl sites for hydroxylation is 1. The van der Waals surface area contributed by atoms with Gasteiger partial charge in [0, 0.05) is 43.1 Å². The second-order valence-corrected chi connectivity index (χ2v) is 6.72. The molecule has 6 nitrogen and oxygen atoms in total. The van der Waals surface area contributed by atoms with Crippen LogP contribution in [-0.4, -0.2) is 44.5 Å². The van der Waals surface area contributed by atoms with Gasteiger partial charge in [-0.15, -0.1) is 0 Å². The maximum absolute atomic E-state index is 12.9. The summed E-state index contributed by atoms with van der Waals surface area (Å²) in [7, 11) is 2.02. The smallest absolute Gasteiger partial charge is 0.232 e. The van der Waals surface area contributed by atoms with Gasteiger partial charge < -0.3 is 14.2 Å². The molecule has 1 atom stereocenters. The fourth-order valence-corrected chi connectivity index (χ4v) is 3.62. The third kappa shape index (κ3) is 3.40. The molecule has 1 aromatic carbocycles. The molecular weight excluding hydrogens is 328 g/mol. The van der Waals surface area contributed by atoms with E-state index in [1.807, 2.05) is 24.1 Å². The number of likely N-dealkylation sites (tertiary alicyclic amines) is 1. The lowest BCUT2D eigenvalue weighted by molar-refractivity contribution is -0.133. The first kappa shape index (κ1) is 16.6. The Morgan fingerprint density at radius 3 is 3.04 bits per heavy atom. The summed E-state index contributed by atoms with van der Waals surface area (Å²) in [5.41, 5.74) is 2.22. The van der Waals surface area contributed by atoms with Crippen LogP contribution in [0.5, 0.6) is 5.88 Å². The quantitative estimate of drug-likeness (QED) is 0.726. The number of carbonyl (C=O) groups excluding carboxylic acids is 1. The summed E-state index contributed by atoms with van der Waals surface area (Å²) in [6.07, 6.45) is 9.14. The molecule has 0 aliphatic carbocycles. The van der Waals surface area contributed by atoms with Crippen LogP contribution in [0.4, 0.5) is 0 Å². The number of hydrogen-bond acceptors (Lipinski definition) is 4. The van der Waals surface area contributed by atoms with E-state index in [0.29, 0.717) is 18.8 Å². The molecule has 1 amide bonds. The molecule has 0 N–H and O–H groups in total. The van der Waals surface area contributed by atoms with E-state index in [4.69, 9.17) is 4.74 Å². The molecular formula is C20H22N4O2. The van der Waals surface area contributed by atoms with E-state index in [-0.39, 0.29) is 12.0 Å². The number of amides is 1. The van der Waals surface area contributed by atoms with Gasteiger partial charge in [0.15, 0.2) is 0 Å². The molecule has 3 heterocycles. The number of para-hydroxylation sites is 1. The normalized spacial score (nSPS) is 17.4. The number of nitrogens with zero attached hydrogens (tertiary/aromatic N) is 4. The van der Waals surface area contributed by atoms with Crippen molar-refractivity contribution in [3.8, 4) is 5.88 Å². The van der Waals surface area contributed by atoms with Crippen LogP contribution >= 0.6 is 0 Å². The highest BCUT2D eigenvalue weighted by molar-refractivity contribution is 5.89. The van der Waals surface area contributed by atoms with Crippen molar-refractivity contribution in [2.75, 3.05) is 13.1 Å². The summed E-state index contributed by atoms with van der Waals surface area (Å²) in [6, 6.07) is 8.19. The lowest BCUT2D eigenvalue weighted by Gasteiger charge is -2.32. The Hall–Kier alpha value is -2.89. The first-order valence-corrected chi connectivity index (χ1v) is 8.94. The molecule has 1 unspecified atom stereocenters. The highest BCUT2D eigenvalue weighted by Crippen LogP contribution is 2.22. The van der Waals surface area contributed by atoms with Gasteiger partial charge in [-0.3, -0.25) is 9.78 Å². The monoisotopic (exact) mass is 350 g/mol. The number of piperidine rings is 1. The number of fused-ring (bicyclic) bond motifs is 1. The molecule has 0 spiro atoms. The van der Waals surface area contributed by atoms with E-state index in [1.54, 1.807) is 18.6 Å². The van der Waals surface area contributed by atoms with Crippen molar-refractivity contribution in [1.82, 2.24) is 19.4 Å². The Morgan fingerprint density at radius 1 is 1.31 bits per heavy atom. The fourth-order valence-electron chi connectivity index (χ4n) is 3.62. The van der Waals surface area contributed by atoms with Crippen molar-refractivity contribution in [1.29, 1.82) is 0 Å². The van der Waals surface area contributed by atoms with Gasteiger partial charge in [-0.25, -0.2) is 4.98 Å². The van der Waals surface area contributed by atoms with E-state index in [0.717, 1.165) is 35.9 Å². The zero-order valence-corrected chi connectivity index (χ0v) is 14.8. The summed E-state index contributed by atoms with van der Waals surface area (Å²) < 4.78 is 7.97. The molecule has 1 saturated heterocycles. The van der Waals surface area contributed by atoms with Crippen LogP contribution in [0, 0.1) is 0 Å². The summed E-state index contributed by atoms with van der Waals surface area (Å²) in [5.74, 6) is 0.662. The summed E-state index contributed by atoms with van der Waals surface area (Å²) in [4.78, 5) is 22.9. The van der Waals surface area contributed by atoms with Gasteiger partial charge in [0.2, 0.25) is 11.8 Å². The Labute approximate surface area is 152 Å². The van der Waals surface area contributed by atoms with E-state index >= 15 is 0 Å². The van der Waals surface area contributed by atoms with Crippen LogP contribution < -0.4 is 4.74 Å². The van der Waals surface area contributed by atoms with Gasteiger partial charge in [0.05, 0.1) is 19.2 Å². The lowest BCUT2D eigenvalue weighted by atomic mass is 10.1. The lowest BCUT2D eigenvalue weighted by Crippen LogP contribution is -2.45. The summed E-state index contributed by atoms with van der Waals surface area (Å²) in [6.45, 7) is 1.38. The Morgan fingerprint density at radius 2 is 2.19 bits per heavy atom. The van der Waals surface area contributed by atoms with Crippen molar-refractivity contribution >= 4 is 16.8 Å². The second-order valence-electron chi connectivity index (χ2n) is 6.72. The van der Waals surface area contributed by atoms with Gasteiger partial charge in [-0.2, -0.15) is 0 Å². The molecule has 0 bridgehead atoms. The van der Waals surface area contributed by atoms with Crippen LogP contribution in [0.2, 0.25) is 0 Å². The molecule has 4 rings (SSSR count). The zero-order chi connectivity index (χ0) is 17.9. The Kier molecular flexibility index (Phi) is 4.56. The number of hydrogen-bond donors (Lipinski definition) is 0. The molecule has 1 aliphatic rings. The highest BCUT2D eigenvalue weighted by Gasteiger charge is 2.25. The highest BCUT2D eigenvalue weighted by atomic mass is 16.5. The molecule has 1 aliphatic heterocycles. The SMILES string of the molecule is Cn1cc(CC(=O)N2CCCC(Oc3cnccn3)C2)c2ccccc21. The van der Waals surface area contributed by atoms with Crippen molar-refractivity contribution in [2.24, 2.45) is 7.05 Å². The Balaban J connectivity index is 1.44. The molecule has 134 valence electrons. The maximum Gasteiger partial charge on any atom is 0.232 e. The van der Waals surface area contributed by atoms with E-state index in [1.165, 1.54) is 0 Å². The summed E-state index contributed by atoms with van der Waals surface area (Å²) in [5, 5.41) is 1.15. The fraction of sp³-hybridized carbons (Fsp3) is 0.350. The molecule has 6 heteroatoms. The third-order valence-corrected chi connectivity index (χ3v) is 4.88. The minimum Gasteiger partial charge on any atom is -0.471 e. The Bertz CT molecular complexity index is 907. The molecule has 2 aromatic heterocycles. The predicted molar refractivity (Wildman–Crippen MR) is 98.9 cm³/mol. The van der Waals surface area contributed by atoms with Gasteiger partial charge in [0.1, 0.15) is 6.10 Å². The van der Waals surface area contributed by atoms with Crippen LogP contribution in [0.25, 0.3) is 10.9 Å². The van der Waals surface area contributed by atoms with Crippen LogP contribution in [-0.2, 0) is 18.3 Å². The van der Waals surface area contributed by atoms with Crippen molar-refractivity contribution in [3.63, 3.8) is 0 Å². The first-order chi connectivity index (χ1) is 12.7. The van der Waals surface area contributed by atoms with Gasteiger partial charge in [-0.05, 0) is 24.5 Å². The summed E-state index contributed by atoms with van der Waals surface area (Å²) >= 11 is 0. The minimum atomic E-state index is -0.0306. The number of benzene rings is 1. The van der Waals surface area contributed by atoms with E-state index in [2.05, 4.69) is 32.9 Å². The standard InChI is InChI=1S/C20H22N4O2/c1-23-13-15(17-6-2-3-7-18(17)23)11-20(25)24-10-4-5-16(14-24)26-19-12-21-8-9-22-19/h2-3,6-9,12-13,16H,4-5,10-11,14H2,1H3. The molecule has 3 aromatic rings. The number of carbonyl (C=O) groups is 1. The second kappa shape index (κ2) is 7.15. The van der Waals surface area contributed by atoms with E-state index in [9.17, 15) is 4.79 Å². The average Bonchev–Trinajstić information content (AvgIpc) is 2.99. The zero-order valence-electron chi connectivity index (χ0n) is 14.8. The molecule has 26 heavy (non-hydrogen) atoms.